The number of rotatable bonds is 5. The first-order valence-corrected chi connectivity index (χ1v) is 7.38. The van der Waals surface area contributed by atoms with Gasteiger partial charge in [-0.25, -0.2) is 4.98 Å². The molecule has 110 valence electrons. The Balaban J connectivity index is 1.85. The number of nitrogens with one attached hydrogen (secondary N) is 2. The predicted molar refractivity (Wildman–Crippen MR) is 81.0 cm³/mol. The van der Waals surface area contributed by atoms with Crippen molar-refractivity contribution >= 4 is 11.7 Å². The number of amides is 1. The Kier molecular flexibility index (Phi) is 5.35. The maximum absolute atomic E-state index is 12.1. The summed E-state index contributed by atoms with van der Waals surface area (Å²) in [5.74, 6) is 0.803. The molecule has 1 fully saturated rings. The highest BCUT2D eigenvalue weighted by Crippen LogP contribution is 2.10. The van der Waals surface area contributed by atoms with Crippen molar-refractivity contribution < 1.29 is 4.79 Å². The maximum atomic E-state index is 12.1. The van der Waals surface area contributed by atoms with E-state index in [1.165, 1.54) is 0 Å². The molecule has 0 atom stereocenters. The standard InChI is InChI=1S/C15H24N4O/c1-3-8-16-14-5-4-12(11-17-14)15(20)18-13-6-9-19(2)10-7-13/h4-5,11,13H,3,6-10H2,1-2H3,(H,16,17)(H,18,20). The minimum absolute atomic E-state index is 0.0194. The second kappa shape index (κ2) is 7.24. The predicted octanol–water partition coefficient (Wildman–Crippen LogP) is 1.73. The summed E-state index contributed by atoms with van der Waals surface area (Å²) in [6, 6.07) is 3.98. The molecule has 0 bridgehead atoms. The van der Waals surface area contributed by atoms with Crippen LogP contribution in [0.2, 0.25) is 0 Å². The lowest BCUT2D eigenvalue weighted by molar-refractivity contribution is 0.0916. The van der Waals surface area contributed by atoms with Crippen molar-refractivity contribution in [3.63, 3.8) is 0 Å². The van der Waals surface area contributed by atoms with Crippen LogP contribution in [-0.4, -0.2) is 48.5 Å². The molecule has 0 unspecified atom stereocenters. The number of hydrogen-bond donors (Lipinski definition) is 2. The topological polar surface area (TPSA) is 57.3 Å². The fraction of sp³-hybridized carbons (Fsp3) is 0.600. The second-order valence-corrected chi connectivity index (χ2v) is 5.41. The average molecular weight is 276 g/mol. The minimum atomic E-state index is -0.0194. The molecule has 2 heterocycles. The molecular weight excluding hydrogens is 252 g/mol. The third kappa shape index (κ3) is 4.20. The van der Waals surface area contributed by atoms with E-state index in [-0.39, 0.29) is 11.9 Å². The summed E-state index contributed by atoms with van der Waals surface area (Å²) in [7, 11) is 2.12. The number of nitrogens with zero attached hydrogens (tertiary/aromatic N) is 2. The fourth-order valence-corrected chi connectivity index (χ4v) is 2.31. The first-order valence-electron chi connectivity index (χ1n) is 7.38. The maximum Gasteiger partial charge on any atom is 0.253 e. The summed E-state index contributed by atoms with van der Waals surface area (Å²) in [6.07, 6.45) is 4.74. The van der Waals surface area contributed by atoms with E-state index in [1.807, 2.05) is 12.1 Å². The van der Waals surface area contributed by atoms with E-state index in [0.29, 0.717) is 5.56 Å². The van der Waals surface area contributed by atoms with Crippen molar-refractivity contribution in [2.75, 3.05) is 32.0 Å². The lowest BCUT2D eigenvalue weighted by atomic mass is 10.1. The molecule has 0 saturated carbocycles. The Hall–Kier alpha value is -1.62. The van der Waals surface area contributed by atoms with Gasteiger partial charge in [-0.3, -0.25) is 4.79 Å². The highest BCUT2D eigenvalue weighted by atomic mass is 16.1. The van der Waals surface area contributed by atoms with Crippen LogP contribution in [0.15, 0.2) is 18.3 Å². The molecule has 1 aliphatic heterocycles. The van der Waals surface area contributed by atoms with Crippen molar-refractivity contribution in [1.29, 1.82) is 0 Å². The summed E-state index contributed by atoms with van der Waals surface area (Å²) in [5.41, 5.74) is 0.631. The van der Waals surface area contributed by atoms with Crippen LogP contribution in [0, 0.1) is 0 Å². The van der Waals surface area contributed by atoms with Gasteiger partial charge in [0, 0.05) is 18.8 Å². The van der Waals surface area contributed by atoms with E-state index < -0.39 is 0 Å². The molecule has 0 aliphatic carbocycles. The van der Waals surface area contributed by atoms with Gasteiger partial charge in [0.1, 0.15) is 5.82 Å². The highest BCUT2D eigenvalue weighted by molar-refractivity contribution is 5.94. The number of likely N-dealkylation sites (tertiary alicyclic amines) is 1. The van der Waals surface area contributed by atoms with Crippen LogP contribution >= 0.6 is 0 Å². The quantitative estimate of drug-likeness (QED) is 0.860. The molecule has 5 heteroatoms. The third-order valence-corrected chi connectivity index (χ3v) is 3.64. The molecule has 5 nitrogen and oxygen atoms in total. The summed E-state index contributed by atoms with van der Waals surface area (Å²) >= 11 is 0. The average Bonchev–Trinajstić information content (AvgIpc) is 2.48. The van der Waals surface area contributed by atoms with Gasteiger partial charge in [0.15, 0.2) is 0 Å². The van der Waals surface area contributed by atoms with E-state index in [0.717, 1.165) is 44.7 Å². The lowest BCUT2D eigenvalue weighted by Crippen LogP contribution is -2.43. The number of piperidine rings is 1. The van der Waals surface area contributed by atoms with Crippen molar-refractivity contribution in [2.24, 2.45) is 0 Å². The van der Waals surface area contributed by atoms with Crippen molar-refractivity contribution in [3.05, 3.63) is 23.9 Å². The zero-order valence-corrected chi connectivity index (χ0v) is 12.4. The summed E-state index contributed by atoms with van der Waals surface area (Å²) in [4.78, 5) is 18.7. The second-order valence-electron chi connectivity index (χ2n) is 5.41. The van der Waals surface area contributed by atoms with Crippen LogP contribution in [0.1, 0.15) is 36.5 Å². The van der Waals surface area contributed by atoms with Gasteiger partial charge in [-0.1, -0.05) is 6.92 Å². The third-order valence-electron chi connectivity index (χ3n) is 3.64. The first-order chi connectivity index (χ1) is 9.69. The van der Waals surface area contributed by atoms with Gasteiger partial charge < -0.3 is 15.5 Å². The number of hydrogen-bond acceptors (Lipinski definition) is 4. The van der Waals surface area contributed by atoms with E-state index in [9.17, 15) is 4.79 Å². The molecule has 2 rings (SSSR count). The SMILES string of the molecule is CCCNc1ccc(C(=O)NC2CCN(C)CC2)cn1. The van der Waals surface area contributed by atoms with Crippen LogP contribution in [0.3, 0.4) is 0 Å². The van der Waals surface area contributed by atoms with E-state index in [4.69, 9.17) is 0 Å². The number of carbonyl (C=O) groups excluding carboxylic acids is 1. The van der Waals surface area contributed by atoms with Crippen LogP contribution in [0.5, 0.6) is 0 Å². The Morgan fingerprint density at radius 2 is 2.15 bits per heavy atom. The van der Waals surface area contributed by atoms with Gasteiger partial charge in [-0.2, -0.15) is 0 Å². The molecule has 1 amide bonds. The highest BCUT2D eigenvalue weighted by Gasteiger charge is 2.19. The van der Waals surface area contributed by atoms with Gasteiger partial charge in [0.05, 0.1) is 5.56 Å². The molecule has 0 radical (unpaired) electrons. The molecule has 2 N–H and O–H groups in total. The van der Waals surface area contributed by atoms with Crippen LogP contribution < -0.4 is 10.6 Å². The minimum Gasteiger partial charge on any atom is -0.370 e. The molecular formula is C15H24N4O. The summed E-state index contributed by atoms with van der Waals surface area (Å²) in [6.45, 7) is 5.09. The van der Waals surface area contributed by atoms with Crippen LogP contribution in [-0.2, 0) is 0 Å². The smallest absolute Gasteiger partial charge is 0.253 e. The van der Waals surface area contributed by atoms with Gasteiger partial charge in [0.2, 0.25) is 0 Å². The molecule has 1 aromatic heterocycles. The molecule has 1 saturated heterocycles. The summed E-state index contributed by atoms with van der Waals surface area (Å²) in [5, 5.41) is 6.29. The zero-order chi connectivity index (χ0) is 14.4. The van der Waals surface area contributed by atoms with Gasteiger partial charge >= 0.3 is 0 Å². The van der Waals surface area contributed by atoms with Crippen LogP contribution in [0.4, 0.5) is 5.82 Å². The fourth-order valence-electron chi connectivity index (χ4n) is 2.31. The number of carbonyl (C=O) groups is 1. The molecule has 1 aromatic rings. The lowest BCUT2D eigenvalue weighted by Gasteiger charge is -2.29. The normalized spacial score (nSPS) is 16.9. The number of anilines is 1. The number of aromatic nitrogens is 1. The number of pyridine rings is 1. The Morgan fingerprint density at radius 1 is 1.40 bits per heavy atom. The van der Waals surface area contributed by atoms with Gasteiger partial charge in [0.25, 0.3) is 5.91 Å². The molecule has 0 spiro atoms. The largest absolute Gasteiger partial charge is 0.370 e. The van der Waals surface area contributed by atoms with E-state index >= 15 is 0 Å². The van der Waals surface area contributed by atoms with E-state index in [2.05, 4.69) is 34.5 Å². The van der Waals surface area contributed by atoms with Crippen LogP contribution in [0.25, 0.3) is 0 Å². The Bertz CT molecular complexity index is 424. The molecule has 0 aromatic carbocycles. The van der Waals surface area contributed by atoms with Crippen molar-refractivity contribution in [2.45, 2.75) is 32.2 Å². The molecule has 1 aliphatic rings. The van der Waals surface area contributed by atoms with Gasteiger partial charge in [-0.05, 0) is 51.5 Å². The van der Waals surface area contributed by atoms with E-state index in [1.54, 1.807) is 6.20 Å². The van der Waals surface area contributed by atoms with Gasteiger partial charge in [-0.15, -0.1) is 0 Å². The first kappa shape index (κ1) is 14.8. The Labute approximate surface area is 120 Å². The van der Waals surface area contributed by atoms with Crippen molar-refractivity contribution in [3.8, 4) is 0 Å². The Morgan fingerprint density at radius 3 is 2.75 bits per heavy atom. The molecule has 20 heavy (non-hydrogen) atoms. The summed E-state index contributed by atoms with van der Waals surface area (Å²) < 4.78 is 0. The zero-order valence-electron chi connectivity index (χ0n) is 12.4. The van der Waals surface area contributed by atoms with Crippen molar-refractivity contribution in [1.82, 2.24) is 15.2 Å². The monoisotopic (exact) mass is 276 g/mol.